The fraction of sp³-hybridized carbons (Fsp3) is 0.267. The van der Waals surface area contributed by atoms with Crippen molar-refractivity contribution in [2.24, 2.45) is 0 Å². The number of nitro groups is 1. The second kappa shape index (κ2) is 6.78. The summed E-state index contributed by atoms with van der Waals surface area (Å²) in [5.41, 5.74) is -1.30. The highest BCUT2D eigenvalue weighted by Gasteiger charge is 2.41. The van der Waals surface area contributed by atoms with Crippen LogP contribution < -0.4 is 4.74 Å². The first-order valence-electron chi connectivity index (χ1n) is 7.52. The number of sulfonamides is 1. The minimum absolute atomic E-state index is 0.152. The Morgan fingerprint density at radius 1 is 1.19 bits per heavy atom. The molecule has 0 atom stereocenters. The van der Waals surface area contributed by atoms with Gasteiger partial charge in [-0.25, -0.2) is 13.4 Å². The van der Waals surface area contributed by atoms with E-state index in [2.05, 4.69) is 4.98 Å². The fourth-order valence-corrected chi connectivity index (χ4v) is 3.92. The molecule has 0 bridgehead atoms. The van der Waals surface area contributed by atoms with Crippen LogP contribution in [0.15, 0.2) is 47.5 Å². The summed E-state index contributed by atoms with van der Waals surface area (Å²) in [7, 11) is -3.92. The third-order valence-electron chi connectivity index (χ3n) is 3.85. The molecule has 1 saturated heterocycles. The van der Waals surface area contributed by atoms with E-state index in [0.29, 0.717) is 0 Å². The lowest BCUT2D eigenvalue weighted by atomic mass is 10.2. The molecule has 12 heteroatoms. The highest BCUT2D eigenvalue weighted by atomic mass is 32.2. The first-order chi connectivity index (χ1) is 12.6. The van der Waals surface area contributed by atoms with Crippen LogP contribution in [0, 0.1) is 10.1 Å². The van der Waals surface area contributed by atoms with E-state index in [4.69, 9.17) is 4.74 Å². The Balaban J connectivity index is 1.68. The molecule has 144 valence electrons. The van der Waals surface area contributed by atoms with Crippen LogP contribution in [0.2, 0.25) is 0 Å². The van der Waals surface area contributed by atoms with Crippen molar-refractivity contribution in [3.8, 4) is 5.88 Å². The first kappa shape index (κ1) is 19.0. The number of aromatic nitrogens is 1. The number of rotatable bonds is 5. The molecule has 2 heterocycles. The number of non-ortho nitro benzene ring substituents is 1. The smallest absolute Gasteiger partial charge is 0.421 e. The molecule has 27 heavy (non-hydrogen) atoms. The molecule has 0 saturated carbocycles. The molecule has 0 amide bonds. The summed E-state index contributed by atoms with van der Waals surface area (Å²) < 4.78 is 69.8. The van der Waals surface area contributed by atoms with Crippen LogP contribution in [0.1, 0.15) is 5.56 Å². The molecular formula is C15H12F3N3O5S. The van der Waals surface area contributed by atoms with Crippen molar-refractivity contribution in [3.63, 3.8) is 0 Å². The predicted molar refractivity (Wildman–Crippen MR) is 85.5 cm³/mol. The van der Waals surface area contributed by atoms with Crippen molar-refractivity contribution in [1.82, 2.24) is 9.29 Å². The zero-order chi connectivity index (χ0) is 19.8. The summed E-state index contributed by atoms with van der Waals surface area (Å²) >= 11 is 0. The predicted octanol–water partition coefficient (Wildman–Crippen LogP) is 2.46. The Hall–Kier alpha value is -2.73. The molecule has 0 N–H and O–H groups in total. The molecule has 0 unspecified atom stereocenters. The van der Waals surface area contributed by atoms with Gasteiger partial charge in [0.2, 0.25) is 15.9 Å². The summed E-state index contributed by atoms with van der Waals surface area (Å²) in [6, 6.07) is 6.27. The van der Waals surface area contributed by atoms with E-state index in [-0.39, 0.29) is 23.7 Å². The summed E-state index contributed by atoms with van der Waals surface area (Å²) in [5, 5.41) is 10.6. The van der Waals surface area contributed by atoms with Gasteiger partial charge in [0.05, 0.1) is 22.9 Å². The van der Waals surface area contributed by atoms with Crippen molar-refractivity contribution in [2.45, 2.75) is 17.2 Å². The van der Waals surface area contributed by atoms with Gasteiger partial charge in [0.15, 0.2) is 0 Å². The zero-order valence-corrected chi connectivity index (χ0v) is 14.3. The maximum Gasteiger partial charge on any atom is 0.421 e. The zero-order valence-electron chi connectivity index (χ0n) is 13.5. The van der Waals surface area contributed by atoms with Crippen molar-refractivity contribution in [1.29, 1.82) is 0 Å². The van der Waals surface area contributed by atoms with E-state index in [1.54, 1.807) is 0 Å². The number of hydrogen-bond donors (Lipinski definition) is 0. The largest absolute Gasteiger partial charge is 0.471 e. The van der Waals surface area contributed by atoms with Gasteiger partial charge in [-0.2, -0.15) is 17.5 Å². The van der Waals surface area contributed by atoms with E-state index in [1.165, 1.54) is 0 Å². The Morgan fingerprint density at radius 3 is 2.37 bits per heavy atom. The quantitative estimate of drug-likeness (QED) is 0.561. The molecule has 8 nitrogen and oxygen atoms in total. The Labute approximate surface area is 151 Å². The normalized spacial score (nSPS) is 16.0. The highest BCUT2D eigenvalue weighted by Crippen LogP contribution is 2.36. The van der Waals surface area contributed by atoms with Gasteiger partial charge < -0.3 is 4.74 Å². The van der Waals surface area contributed by atoms with Crippen LogP contribution in [0.25, 0.3) is 0 Å². The fourth-order valence-electron chi connectivity index (χ4n) is 2.42. The Morgan fingerprint density at radius 2 is 1.81 bits per heavy atom. The number of pyridine rings is 1. The molecular weight excluding hydrogens is 391 g/mol. The highest BCUT2D eigenvalue weighted by molar-refractivity contribution is 7.89. The monoisotopic (exact) mass is 403 g/mol. The molecule has 1 aromatic carbocycles. The van der Waals surface area contributed by atoms with Gasteiger partial charge in [0.1, 0.15) is 11.7 Å². The van der Waals surface area contributed by atoms with Crippen LogP contribution in [0.4, 0.5) is 18.9 Å². The number of halogens is 3. The summed E-state index contributed by atoms with van der Waals surface area (Å²) in [6.45, 7) is -0.319. The van der Waals surface area contributed by atoms with Crippen molar-refractivity contribution >= 4 is 15.7 Å². The van der Waals surface area contributed by atoms with Crippen LogP contribution in [-0.4, -0.2) is 41.8 Å². The molecule has 2 aromatic rings. The van der Waals surface area contributed by atoms with E-state index in [9.17, 15) is 31.7 Å². The molecule has 0 spiro atoms. The van der Waals surface area contributed by atoms with E-state index < -0.39 is 38.7 Å². The van der Waals surface area contributed by atoms with Gasteiger partial charge in [-0.15, -0.1) is 0 Å². The van der Waals surface area contributed by atoms with Crippen LogP contribution in [0.3, 0.4) is 0 Å². The van der Waals surface area contributed by atoms with Gasteiger partial charge in [-0.3, -0.25) is 10.1 Å². The average molecular weight is 403 g/mol. The van der Waals surface area contributed by atoms with Crippen molar-refractivity contribution < 1.29 is 31.2 Å². The molecule has 0 radical (unpaired) electrons. The molecule has 1 fully saturated rings. The Kier molecular flexibility index (Phi) is 4.78. The van der Waals surface area contributed by atoms with Crippen LogP contribution in [-0.2, 0) is 16.2 Å². The van der Waals surface area contributed by atoms with Crippen molar-refractivity contribution in [2.75, 3.05) is 13.1 Å². The lowest BCUT2D eigenvalue weighted by Crippen LogP contribution is -2.56. The number of ether oxygens (including phenoxy) is 1. The SMILES string of the molecule is O=[N+]([O-])c1ccc(S(=O)(=O)N2CC(Oc3ncccc3C(F)(F)F)C2)cc1. The molecule has 3 rings (SSSR count). The lowest BCUT2D eigenvalue weighted by molar-refractivity contribution is -0.384. The number of nitro benzene ring substituents is 1. The third-order valence-corrected chi connectivity index (χ3v) is 5.70. The molecule has 0 aliphatic carbocycles. The average Bonchev–Trinajstić information content (AvgIpc) is 2.57. The second-order valence-electron chi connectivity index (χ2n) is 5.67. The minimum atomic E-state index is -4.64. The maximum absolute atomic E-state index is 12.9. The van der Waals surface area contributed by atoms with Crippen molar-refractivity contribution in [3.05, 3.63) is 58.3 Å². The molecule has 1 aliphatic heterocycles. The topological polar surface area (TPSA) is 103 Å². The second-order valence-corrected chi connectivity index (χ2v) is 7.60. The lowest BCUT2D eigenvalue weighted by Gasteiger charge is -2.37. The van der Waals surface area contributed by atoms with Gasteiger partial charge in [0.25, 0.3) is 5.69 Å². The van der Waals surface area contributed by atoms with Gasteiger partial charge in [-0.05, 0) is 24.3 Å². The standard InChI is InChI=1S/C15H12F3N3O5S/c16-15(17,18)13-2-1-7-19-14(13)26-11-8-20(9-11)27(24,25)12-5-3-10(4-6-12)21(22)23/h1-7,11H,8-9H2. The summed E-state index contributed by atoms with van der Waals surface area (Å²) in [6.07, 6.45) is -4.28. The van der Waals surface area contributed by atoms with E-state index >= 15 is 0 Å². The van der Waals surface area contributed by atoms with E-state index in [0.717, 1.165) is 46.9 Å². The van der Waals surface area contributed by atoms with Gasteiger partial charge in [0, 0.05) is 18.3 Å². The first-order valence-corrected chi connectivity index (χ1v) is 8.96. The molecule has 1 aliphatic rings. The number of benzene rings is 1. The number of alkyl halides is 3. The molecule has 1 aromatic heterocycles. The third kappa shape index (κ3) is 3.85. The van der Waals surface area contributed by atoms with Gasteiger partial charge in [-0.1, -0.05) is 0 Å². The van der Waals surface area contributed by atoms with Crippen LogP contribution >= 0.6 is 0 Å². The Bertz CT molecular complexity index is 957. The number of nitrogens with zero attached hydrogens (tertiary/aromatic N) is 3. The maximum atomic E-state index is 12.9. The minimum Gasteiger partial charge on any atom is -0.471 e. The summed E-state index contributed by atoms with van der Waals surface area (Å²) in [4.78, 5) is 13.4. The van der Waals surface area contributed by atoms with Crippen LogP contribution in [0.5, 0.6) is 5.88 Å². The number of hydrogen-bond acceptors (Lipinski definition) is 6. The van der Waals surface area contributed by atoms with Gasteiger partial charge >= 0.3 is 6.18 Å². The van der Waals surface area contributed by atoms with E-state index in [1.807, 2.05) is 0 Å². The summed E-state index contributed by atoms with van der Waals surface area (Å²) in [5.74, 6) is -0.609.